The van der Waals surface area contributed by atoms with Gasteiger partial charge < -0.3 is 15.0 Å². The predicted molar refractivity (Wildman–Crippen MR) is 141 cm³/mol. The summed E-state index contributed by atoms with van der Waals surface area (Å²) in [6, 6.07) is 26.8. The highest BCUT2D eigenvalue weighted by Crippen LogP contribution is 2.44. The van der Waals surface area contributed by atoms with E-state index in [9.17, 15) is 14.0 Å². The van der Waals surface area contributed by atoms with E-state index in [1.165, 1.54) is 12.1 Å². The van der Waals surface area contributed by atoms with Crippen LogP contribution in [-0.4, -0.2) is 23.8 Å². The molecule has 0 saturated carbocycles. The third-order valence-corrected chi connectivity index (χ3v) is 6.77. The molecule has 2 unspecified atom stereocenters. The standard InChI is InChI=1S/C30H24ClFN2O3/c1-37-24-15-11-20(12-16-24)28-27(29(35)33-23-6-4-5-21(31)17-23)25-7-2-3-8-26(25)30(36)34(28)18-19-9-13-22(32)14-10-19/h2-17,27-28H,18H2,1H3,(H,33,35). The van der Waals surface area contributed by atoms with Crippen molar-refractivity contribution in [2.75, 3.05) is 12.4 Å². The minimum atomic E-state index is -0.721. The summed E-state index contributed by atoms with van der Waals surface area (Å²) in [4.78, 5) is 29.5. The van der Waals surface area contributed by atoms with Gasteiger partial charge >= 0.3 is 0 Å². The van der Waals surface area contributed by atoms with Gasteiger partial charge in [0.1, 0.15) is 11.6 Å². The van der Waals surface area contributed by atoms with Crippen LogP contribution >= 0.6 is 11.6 Å². The Morgan fingerprint density at radius 1 is 0.973 bits per heavy atom. The molecule has 2 atom stereocenters. The van der Waals surface area contributed by atoms with Gasteiger partial charge in [-0.15, -0.1) is 0 Å². The number of nitrogens with one attached hydrogen (secondary N) is 1. The second-order valence-electron chi connectivity index (χ2n) is 8.84. The van der Waals surface area contributed by atoms with Gasteiger partial charge in [-0.3, -0.25) is 9.59 Å². The van der Waals surface area contributed by atoms with Crippen molar-refractivity contribution in [3.05, 3.63) is 130 Å². The van der Waals surface area contributed by atoms with E-state index in [2.05, 4.69) is 5.32 Å². The molecule has 5 rings (SSSR count). The first-order chi connectivity index (χ1) is 17.9. The molecule has 1 N–H and O–H groups in total. The molecule has 0 aromatic heterocycles. The van der Waals surface area contributed by atoms with Crippen LogP contribution in [0, 0.1) is 5.82 Å². The van der Waals surface area contributed by atoms with Gasteiger partial charge in [-0.25, -0.2) is 4.39 Å². The van der Waals surface area contributed by atoms with Crippen molar-refractivity contribution >= 4 is 29.1 Å². The summed E-state index contributed by atoms with van der Waals surface area (Å²) >= 11 is 6.15. The molecule has 5 nitrogen and oxygen atoms in total. The molecule has 4 aromatic carbocycles. The van der Waals surface area contributed by atoms with Crippen LogP contribution in [-0.2, 0) is 11.3 Å². The molecule has 0 spiro atoms. The van der Waals surface area contributed by atoms with E-state index >= 15 is 0 Å². The third-order valence-electron chi connectivity index (χ3n) is 6.54. The zero-order chi connectivity index (χ0) is 25.9. The summed E-state index contributed by atoms with van der Waals surface area (Å²) in [6.45, 7) is 0.199. The van der Waals surface area contributed by atoms with Gasteiger partial charge in [0.15, 0.2) is 0 Å². The monoisotopic (exact) mass is 514 g/mol. The Hall–Kier alpha value is -4.16. The number of fused-ring (bicyclic) bond motifs is 1. The summed E-state index contributed by atoms with van der Waals surface area (Å²) in [6.07, 6.45) is 0. The molecule has 1 aliphatic rings. The Bertz CT molecular complexity index is 1440. The average Bonchev–Trinajstić information content (AvgIpc) is 2.91. The summed E-state index contributed by atoms with van der Waals surface area (Å²) in [5.74, 6) is -0.887. The van der Waals surface area contributed by atoms with E-state index in [-0.39, 0.29) is 24.2 Å². The highest BCUT2D eigenvalue weighted by Gasteiger charge is 2.44. The fourth-order valence-electron chi connectivity index (χ4n) is 4.80. The second kappa shape index (κ2) is 10.4. The van der Waals surface area contributed by atoms with E-state index in [0.717, 1.165) is 11.1 Å². The molecule has 0 saturated heterocycles. The Morgan fingerprint density at radius 2 is 1.70 bits per heavy atom. The normalized spacial score (nSPS) is 16.7. The Balaban J connectivity index is 1.63. The maximum absolute atomic E-state index is 13.9. The molecular weight excluding hydrogens is 491 g/mol. The van der Waals surface area contributed by atoms with Crippen LogP contribution in [0.3, 0.4) is 0 Å². The van der Waals surface area contributed by atoms with Crippen molar-refractivity contribution in [3.8, 4) is 5.75 Å². The smallest absolute Gasteiger partial charge is 0.255 e. The zero-order valence-corrected chi connectivity index (χ0v) is 20.8. The Morgan fingerprint density at radius 3 is 2.41 bits per heavy atom. The zero-order valence-electron chi connectivity index (χ0n) is 20.0. The van der Waals surface area contributed by atoms with Crippen molar-refractivity contribution in [2.45, 2.75) is 18.5 Å². The number of nitrogens with zero attached hydrogens (tertiary/aromatic N) is 1. The van der Waals surface area contributed by atoms with Crippen LogP contribution in [0.25, 0.3) is 0 Å². The first-order valence-electron chi connectivity index (χ1n) is 11.8. The van der Waals surface area contributed by atoms with Gasteiger partial charge in [0.2, 0.25) is 5.91 Å². The molecule has 0 fully saturated rings. The molecule has 7 heteroatoms. The van der Waals surface area contributed by atoms with Crippen molar-refractivity contribution < 1.29 is 18.7 Å². The Labute approximate surface area is 219 Å². The van der Waals surface area contributed by atoms with Crippen LogP contribution in [0.15, 0.2) is 97.1 Å². The van der Waals surface area contributed by atoms with Crippen LogP contribution < -0.4 is 10.1 Å². The lowest BCUT2D eigenvalue weighted by Gasteiger charge is -2.42. The lowest BCUT2D eigenvalue weighted by Crippen LogP contribution is -2.45. The second-order valence-corrected chi connectivity index (χ2v) is 9.28. The maximum atomic E-state index is 13.9. The van der Waals surface area contributed by atoms with Crippen LogP contribution in [0.4, 0.5) is 10.1 Å². The fourth-order valence-corrected chi connectivity index (χ4v) is 4.99. The lowest BCUT2D eigenvalue weighted by atomic mass is 9.79. The molecule has 1 aliphatic heterocycles. The quantitative estimate of drug-likeness (QED) is 0.315. The predicted octanol–water partition coefficient (Wildman–Crippen LogP) is 6.61. The van der Waals surface area contributed by atoms with Crippen molar-refractivity contribution in [3.63, 3.8) is 0 Å². The number of hydrogen-bond donors (Lipinski definition) is 1. The average molecular weight is 515 g/mol. The number of ether oxygens (including phenoxy) is 1. The van der Waals surface area contributed by atoms with Gasteiger partial charge in [-0.05, 0) is 65.2 Å². The minimum absolute atomic E-state index is 0.199. The molecular formula is C30H24ClFN2O3. The molecule has 1 heterocycles. The first kappa shape index (κ1) is 24.5. The summed E-state index contributed by atoms with van der Waals surface area (Å²) in [5.41, 5.74) is 3.19. The van der Waals surface area contributed by atoms with Gasteiger partial charge in [-0.1, -0.05) is 60.1 Å². The molecule has 2 amide bonds. The number of methoxy groups -OCH3 is 1. The van der Waals surface area contributed by atoms with E-state index in [1.807, 2.05) is 36.4 Å². The van der Waals surface area contributed by atoms with E-state index in [0.29, 0.717) is 27.6 Å². The highest BCUT2D eigenvalue weighted by molar-refractivity contribution is 6.30. The van der Waals surface area contributed by atoms with Gasteiger partial charge in [0.25, 0.3) is 5.91 Å². The summed E-state index contributed by atoms with van der Waals surface area (Å²) in [5, 5.41) is 3.49. The number of hydrogen-bond acceptors (Lipinski definition) is 3. The number of carbonyl (C=O) groups excluding carboxylic acids is 2. The number of carbonyl (C=O) groups is 2. The molecule has 4 aromatic rings. The lowest BCUT2D eigenvalue weighted by molar-refractivity contribution is -0.119. The molecule has 0 bridgehead atoms. The molecule has 0 aliphatic carbocycles. The third kappa shape index (κ3) is 5.06. The van der Waals surface area contributed by atoms with Gasteiger partial charge in [0, 0.05) is 22.8 Å². The molecule has 0 radical (unpaired) electrons. The van der Waals surface area contributed by atoms with Gasteiger partial charge in [-0.2, -0.15) is 0 Å². The van der Waals surface area contributed by atoms with E-state index < -0.39 is 12.0 Å². The number of amides is 2. The van der Waals surface area contributed by atoms with Crippen LogP contribution in [0.1, 0.15) is 39.0 Å². The van der Waals surface area contributed by atoms with Crippen molar-refractivity contribution in [2.24, 2.45) is 0 Å². The molecule has 186 valence electrons. The van der Waals surface area contributed by atoms with Crippen molar-refractivity contribution in [1.82, 2.24) is 4.90 Å². The summed E-state index contributed by atoms with van der Waals surface area (Å²) < 4.78 is 18.9. The number of benzene rings is 4. The summed E-state index contributed by atoms with van der Waals surface area (Å²) in [7, 11) is 1.58. The number of halogens is 2. The molecule has 37 heavy (non-hydrogen) atoms. The highest BCUT2D eigenvalue weighted by atomic mass is 35.5. The number of rotatable bonds is 6. The largest absolute Gasteiger partial charge is 0.497 e. The maximum Gasteiger partial charge on any atom is 0.255 e. The fraction of sp³-hybridized carbons (Fsp3) is 0.133. The van der Waals surface area contributed by atoms with Crippen LogP contribution in [0.2, 0.25) is 5.02 Å². The minimum Gasteiger partial charge on any atom is -0.497 e. The van der Waals surface area contributed by atoms with Crippen LogP contribution in [0.5, 0.6) is 5.75 Å². The van der Waals surface area contributed by atoms with Gasteiger partial charge in [0.05, 0.1) is 19.1 Å². The first-order valence-corrected chi connectivity index (χ1v) is 12.2. The topological polar surface area (TPSA) is 58.6 Å². The van der Waals surface area contributed by atoms with E-state index in [4.69, 9.17) is 16.3 Å². The number of anilines is 1. The Kier molecular flexibility index (Phi) is 6.93. The van der Waals surface area contributed by atoms with E-state index in [1.54, 1.807) is 60.5 Å². The SMILES string of the molecule is COc1ccc(C2C(C(=O)Nc3cccc(Cl)c3)c3ccccc3C(=O)N2Cc2ccc(F)cc2)cc1. The van der Waals surface area contributed by atoms with Crippen molar-refractivity contribution in [1.29, 1.82) is 0 Å².